The van der Waals surface area contributed by atoms with Crippen molar-refractivity contribution in [3.05, 3.63) is 125 Å². The van der Waals surface area contributed by atoms with E-state index >= 15 is 0 Å². The van der Waals surface area contributed by atoms with E-state index in [1.54, 1.807) is 0 Å². The van der Waals surface area contributed by atoms with Crippen LogP contribution in [0.15, 0.2) is 103 Å². The Morgan fingerprint density at radius 3 is 1.84 bits per heavy atom. The van der Waals surface area contributed by atoms with Crippen LogP contribution in [0.4, 0.5) is 10.5 Å². The number of carbonyl (C=O) groups excluding carboxylic acids is 1. The number of amides is 2. The van der Waals surface area contributed by atoms with Crippen molar-refractivity contribution in [3.8, 4) is 11.5 Å². The van der Waals surface area contributed by atoms with Crippen LogP contribution in [0, 0.1) is 5.92 Å². The summed E-state index contributed by atoms with van der Waals surface area (Å²) in [5.74, 6) is 1.59. The molecule has 1 saturated heterocycles. The van der Waals surface area contributed by atoms with E-state index in [9.17, 15) is 9.90 Å². The predicted molar refractivity (Wildman–Crippen MR) is 231 cm³/mol. The van der Waals surface area contributed by atoms with E-state index in [2.05, 4.69) is 48.4 Å². The third kappa shape index (κ3) is 14.9. The number of benzene rings is 4. The topological polar surface area (TPSA) is 92.3 Å². The highest BCUT2D eigenvalue weighted by Gasteiger charge is 2.39. The van der Waals surface area contributed by atoms with Crippen LogP contribution in [0.2, 0.25) is 0 Å². The van der Waals surface area contributed by atoms with Gasteiger partial charge in [-0.3, -0.25) is 0 Å². The van der Waals surface area contributed by atoms with Crippen LogP contribution in [0.3, 0.4) is 0 Å². The molecule has 4 aromatic rings. The summed E-state index contributed by atoms with van der Waals surface area (Å²) in [5.41, 5.74) is 4.59. The summed E-state index contributed by atoms with van der Waals surface area (Å²) >= 11 is 0. The second-order valence-corrected chi connectivity index (χ2v) is 15.6. The first-order valence-corrected chi connectivity index (χ1v) is 21.6. The quantitative estimate of drug-likeness (QED) is 0.0614. The fraction of sp³-hybridized carbons (Fsp3) is 0.490. The average Bonchev–Trinajstić information content (AvgIpc) is 3.24. The molecular weight excluding hydrogens is 711 g/mol. The maximum absolute atomic E-state index is 12.8. The van der Waals surface area contributed by atoms with Gasteiger partial charge in [-0.1, -0.05) is 152 Å². The van der Waals surface area contributed by atoms with Crippen molar-refractivity contribution in [2.24, 2.45) is 5.92 Å². The number of rotatable bonds is 24. The smallest absolute Gasteiger partial charge is 0.319 e. The maximum atomic E-state index is 12.8. The molecule has 1 aliphatic rings. The van der Waals surface area contributed by atoms with Crippen molar-refractivity contribution in [3.63, 3.8) is 0 Å². The summed E-state index contributed by atoms with van der Waals surface area (Å²) in [6.07, 6.45) is 14.8. The van der Waals surface area contributed by atoms with Crippen molar-refractivity contribution in [1.82, 2.24) is 10.2 Å². The van der Waals surface area contributed by atoms with Gasteiger partial charge < -0.3 is 34.9 Å². The number of ether oxygens (including phenoxy) is 3. The van der Waals surface area contributed by atoms with E-state index in [1.807, 2.05) is 91.0 Å². The predicted octanol–water partition coefficient (Wildman–Crippen LogP) is 12.1. The Bertz CT molecular complexity index is 1670. The molecule has 8 nitrogen and oxygen atoms in total. The van der Waals surface area contributed by atoms with E-state index in [-0.39, 0.29) is 30.8 Å². The molecule has 0 radical (unpaired) electrons. The molecule has 1 heterocycles. The van der Waals surface area contributed by atoms with Crippen LogP contribution < -0.4 is 15.4 Å². The van der Waals surface area contributed by atoms with Gasteiger partial charge >= 0.3 is 6.03 Å². The Morgan fingerprint density at radius 1 is 0.667 bits per heavy atom. The number of anilines is 1. The lowest BCUT2D eigenvalue weighted by atomic mass is 9.90. The monoisotopic (exact) mass is 778 g/mol. The van der Waals surface area contributed by atoms with E-state index in [0.29, 0.717) is 18.0 Å². The molecule has 308 valence electrons. The minimum Gasteiger partial charge on any atom is -0.457 e. The van der Waals surface area contributed by atoms with Gasteiger partial charge in [0.1, 0.15) is 11.5 Å². The zero-order chi connectivity index (χ0) is 40.1. The third-order valence-corrected chi connectivity index (χ3v) is 11.0. The highest BCUT2D eigenvalue weighted by atomic mass is 16.7. The number of urea groups is 1. The number of hydrogen-bond donors (Lipinski definition) is 3. The summed E-state index contributed by atoms with van der Waals surface area (Å²) < 4.78 is 19.5. The maximum Gasteiger partial charge on any atom is 0.319 e. The van der Waals surface area contributed by atoms with Crippen molar-refractivity contribution in [2.75, 3.05) is 25.0 Å². The fourth-order valence-corrected chi connectivity index (χ4v) is 7.49. The fourth-order valence-electron chi connectivity index (χ4n) is 7.49. The zero-order valence-electron chi connectivity index (χ0n) is 34.7. The molecule has 0 aromatic heterocycles. The van der Waals surface area contributed by atoms with Crippen molar-refractivity contribution in [2.45, 2.75) is 129 Å². The largest absolute Gasteiger partial charge is 0.457 e. The number of hydrogen-bond acceptors (Lipinski definition) is 6. The van der Waals surface area contributed by atoms with Crippen LogP contribution in [0.25, 0.3) is 0 Å². The van der Waals surface area contributed by atoms with Crippen molar-refractivity contribution in [1.29, 1.82) is 0 Å². The minimum atomic E-state index is -0.530. The van der Waals surface area contributed by atoms with Gasteiger partial charge in [-0.2, -0.15) is 0 Å². The normalized spacial score (nSPS) is 18.1. The zero-order valence-corrected chi connectivity index (χ0v) is 34.7. The standard InChI is InChI=1S/C49H67N3O5/c1-4-6-8-10-12-17-33-52(34-18-13-11-9-7-5-2)36-46-38(3)47(41-25-23-40(37-53)24-26-41)57-48(56-46)42-27-21-39(22-28-42)35-50-49(54)51-43-29-31-45(32-30-43)55-44-19-15-14-16-20-44/h14-16,19-32,38,46-48,53H,4-13,17-18,33-37H2,1-3H3,(H2,50,51,54). The first kappa shape index (κ1) is 43.9. The SMILES string of the molecule is CCCCCCCCN(CCCCCCCC)CC1OC(c2ccc(CNC(=O)Nc3ccc(Oc4ccccc4)cc3)cc2)OC(c2ccc(CO)cc2)C1C. The molecule has 3 N–H and O–H groups in total. The van der Waals surface area contributed by atoms with Gasteiger partial charge in [-0.15, -0.1) is 0 Å². The summed E-state index contributed by atoms with van der Waals surface area (Å²) in [5, 5.41) is 15.6. The van der Waals surface area contributed by atoms with Crippen molar-refractivity contribution >= 4 is 11.7 Å². The molecule has 5 rings (SSSR count). The van der Waals surface area contributed by atoms with Gasteiger partial charge in [0.15, 0.2) is 6.29 Å². The number of para-hydroxylation sites is 1. The lowest BCUT2D eigenvalue weighted by molar-refractivity contribution is -0.276. The van der Waals surface area contributed by atoms with E-state index < -0.39 is 6.29 Å². The number of nitrogens with one attached hydrogen (secondary N) is 2. The lowest BCUT2D eigenvalue weighted by Crippen LogP contribution is -2.45. The summed E-state index contributed by atoms with van der Waals surface area (Å²) in [6.45, 7) is 10.3. The van der Waals surface area contributed by atoms with E-state index in [4.69, 9.17) is 14.2 Å². The van der Waals surface area contributed by atoms with Crippen molar-refractivity contribution < 1.29 is 24.1 Å². The van der Waals surface area contributed by atoms with Crippen LogP contribution in [-0.4, -0.2) is 41.8 Å². The molecule has 0 aliphatic carbocycles. The molecule has 0 spiro atoms. The molecule has 0 bridgehead atoms. The molecule has 2 amide bonds. The van der Waals surface area contributed by atoms with E-state index in [1.165, 1.54) is 77.0 Å². The van der Waals surface area contributed by atoms with Gasteiger partial charge in [0.05, 0.1) is 18.8 Å². The Hall–Kier alpha value is -4.21. The molecule has 8 heteroatoms. The Balaban J connectivity index is 1.21. The Morgan fingerprint density at radius 2 is 1.23 bits per heavy atom. The van der Waals surface area contributed by atoms with E-state index in [0.717, 1.165) is 47.6 Å². The summed E-state index contributed by atoms with van der Waals surface area (Å²) in [6, 6.07) is 32.9. The molecule has 1 aliphatic heterocycles. The number of aliphatic hydroxyl groups is 1. The van der Waals surface area contributed by atoms with Crippen LogP contribution in [-0.2, 0) is 22.6 Å². The first-order valence-electron chi connectivity index (χ1n) is 21.6. The first-order chi connectivity index (χ1) is 27.9. The molecule has 4 atom stereocenters. The van der Waals surface area contributed by atoms with Crippen LogP contribution >= 0.6 is 0 Å². The molecule has 4 aromatic carbocycles. The molecule has 4 unspecified atom stereocenters. The highest BCUT2D eigenvalue weighted by molar-refractivity contribution is 5.89. The Kier molecular flexibility index (Phi) is 18.9. The second kappa shape index (κ2) is 24.5. The van der Waals surface area contributed by atoms with Gasteiger partial charge in [0, 0.05) is 30.3 Å². The molecular formula is C49H67N3O5. The number of unbranched alkanes of at least 4 members (excludes halogenated alkanes) is 10. The van der Waals surface area contributed by atoms with Gasteiger partial charge in [-0.25, -0.2) is 4.79 Å². The Labute approximate surface area is 342 Å². The summed E-state index contributed by atoms with van der Waals surface area (Å²) in [7, 11) is 0. The number of nitrogens with zero attached hydrogens (tertiary/aromatic N) is 1. The molecule has 1 fully saturated rings. The lowest BCUT2D eigenvalue weighted by Gasteiger charge is -2.43. The third-order valence-electron chi connectivity index (χ3n) is 11.0. The minimum absolute atomic E-state index is 0.0160. The molecule has 57 heavy (non-hydrogen) atoms. The van der Waals surface area contributed by atoms with Gasteiger partial charge in [-0.05, 0) is 79.0 Å². The molecule has 0 saturated carbocycles. The number of carbonyl (C=O) groups is 1. The van der Waals surface area contributed by atoms with Gasteiger partial charge in [0.2, 0.25) is 0 Å². The number of aliphatic hydroxyl groups excluding tert-OH is 1. The second-order valence-electron chi connectivity index (χ2n) is 15.6. The highest BCUT2D eigenvalue weighted by Crippen LogP contribution is 2.42. The average molecular weight is 778 g/mol. The summed E-state index contributed by atoms with van der Waals surface area (Å²) in [4.78, 5) is 15.4. The van der Waals surface area contributed by atoms with Crippen LogP contribution in [0.5, 0.6) is 11.5 Å². The van der Waals surface area contributed by atoms with Gasteiger partial charge in [0.25, 0.3) is 0 Å². The van der Waals surface area contributed by atoms with Crippen LogP contribution in [0.1, 0.15) is 132 Å².